The van der Waals surface area contributed by atoms with Crippen molar-refractivity contribution >= 4 is 22.6 Å². The number of aromatic nitrogens is 5. The Morgan fingerprint density at radius 3 is 2.67 bits per heavy atom. The lowest BCUT2D eigenvalue weighted by Gasteiger charge is -2.07. The highest BCUT2D eigenvalue weighted by Crippen LogP contribution is 2.32. The number of carbonyl (C=O) groups is 1. The van der Waals surface area contributed by atoms with Gasteiger partial charge in [0.1, 0.15) is 29.6 Å². The van der Waals surface area contributed by atoms with Gasteiger partial charge in [0.05, 0.1) is 40.7 Å². The van der Waals surface area contributed by atoms with E-state index in [1.165, 1.54) is 30.5 Å². The van der Waals surface area contributed by atoms with E-state index in [-0.39, 0.29) is 30.1 Å². The molecule has 0 saturated carbocycles. The molecule has 0 aliphatic carbocycles. The van der Waals surface area contributed by atoms with Gasteiger partial charge < -0.3 is 26.5 Å². The molecule has 0 aliphatic heterocycles. The van der Waals surface area contributed by atoms with Gasteiger partial charge in [-0.3, -0.25) is 4.79 Å². The Bertz CT molecular complexity index is 1690. The summed E-state index contributed by atoms with van der Waals surface area (Å²) in [6, 6.07) is 13.5. The number of hydrogen-bond donors (Lipinski definition) is 4. The molecule has 10 nitrogen and oxygen atoms in total. The largest absolute Gasteiger partial charge is 0.475 e. The van der Waals surface area contributed by atoms with Gasteiger partial charge in [0.2, 0.25) is 5.88 Å². The van der Waals surface area contributed by atoms with Gasteiger partial charge in [-0.25, -0.2) is 33.1 Å². The predicted molar refractivity (Wildman–Crippen MR) is 142 cm³/mol. The van der Waals surface area contributed by atoms with Crippen molar-refractivity contribution in [2.24, 2.45) is 11.5 Å². The summed E-state index contributed by atoms with van der Waals surface area (Å²) in [6.45, 7) is 0.721. The normalized spacial score (nSPS) is 11.2. The highest BCUT2D eigenvalue weighted by atomic mass is 19.3. The van der Waals surface area contributed by atoms with Crippen LogP contribution in [0, 0.1) is 5.82 Å². The monoisotopic (exact) mass is 548 g/mol. The fourth-order valence-electron chi connectivity index (χ4n) is 4.00. The first-order valence-electron chi connectivity index (χ1n) is 12.1. The molecule has 0 unspecified atom stereocenters. The lowest BCUT2D eigenvalue weighted by atomic mass is 10.1. The number of pyridine rings is 1. The Morgan fingerprint density at radius 1 is 1.05 bits per heavy atom. The second kappa shape index (κ2) is 11.4. The number of rotatable bonds is 10. The molecule has 1 amide bonds. The van der Waals surface area contributed by atoms with E-state index in [9.17, 15) is 18.0 Å². The van der Waals surface area contributed by atoms with Crippen LogP contribution in [0.2, 0.25) is 0 Å². The van der Waals surface area contributed by atoms with E-state index >= 15 is 0 Å². The summed E-state index contributed by atoms with van der Waals surface area (Å²) in [4.78, 5) is 32.3. The molecule has 2 aromatic carbocycles. The number of fused-ring (bicyclic) bond motifs is 1. The molecule has 5 rings (SSSR count). The van der Waals surface area contributed by atoms with Crippen LogP contribution < -0.4 is 21.5 Å². The lowest BCUT2D eigenvalue weighted by Crippen LogP contribution is -2.13. The zero-order chi connectivity index (χ0) is 28.2. The maximum Gasteiger partial charge on any atom is 0.280 e. The molecule has 0 spiro atoms. The van der Waals surface area contributed by atoms with Crippen molar-refractivity contribution in [3.63, 3.8) is 0 Å². The number of benzene rings is 2. The molecular weight excluding hydrogens is 525 g/mol. The molecule has 5 aromatic rings. The van der Waals surface area contributed by atoms with Gasteiger partial charge in [-0.15, -0.1) is 0 Å². The first kappa shape index (κ1) is 26.6. The molecular formula is C27H23F3N8O2. The third-order valence-electron chi connectivity index (χ3n) is 5.86. The van der Waals surface area contributed by atoms with Crippen LogP contribution in [0.15, 0.2) is 60.8 Å². The molecule has 0 radical (unpaired) electrons. The number of amides is 1. The summed E-state index contributed by atoms with van der Waals surface area (Å²) < 4.78 is 46.2. The Labute approximate surface area is 225 Å². The van der Waals surface area contributed by atoms with E-state index in [0.717, 1.165) is 6.07 Å². The Morgan fingerprint density at radius 2 is 1.90 bits per heavy atom. The first-order valence-corrected chi connectivity index (χ1v) is 12.1. The third kappa shape index (κ3) is 5.68. The van der Waals surface area contributed by atoms with Crippen molar-refractivity contribution in [2.45, 2.75) is 13.0 Å². The van der Waals surface area contributed by atoms with Gasteiger partial charge in [0.15, 0.2) is 0 Å². The molecule has 204 valence electrons. The zero-order valence-electron chi connectivity index (χ0n) is 20.9. The molecule has 0 aliphatic rings. The summed E-state index contributed by atoms with van der Waals surface area (Å²) >= 11 is 0. The first-order chi connectivity index (χ1) is 19.3. The highest BCUT2D eigenvalue weighted by molar-refractivity contribution is 5.94. The average molecular weight is 549 g/mol. The van der Waals surface area contributed by atoms with E-state index < -0.39 is 18.1 Å². The van der Waals surface area contributed by atoms with Crippen molar-refractivity contribution < 1.29 is 22.7 Å². The van der Waals surface area contributed by atoms with Crippen LogP contribution in [0.25, 0.3) is 33.7 Å². The number of H-pyrrole nitrogens is 1. The highest BCUT2D eigenvalue weighted by Gasteiger charge is 2.19. The molecule has 6 N–H and O–H groups in total. The Kier molecular flexibility index (Phi) is 7.55. The van der Waals surface area contributed by atoms with E-state index in [1.54, 1.807) is 24.3 Å². The zero-order valence-corrected chi connectivity index (χ0v) is 20.9. The van der Waals surface area contributed by atoms with Gasteiger partial charge in [0, 0.05) is 17.8 Å². The topological polar surface area (TPSA) is 158 Å². The van der Waals surface area contributed by atoms with Crippen molar-refractivity contribution in [1.29, 1.82) is 0 Å². The van der Waals surface area contributed by atoms with Gasteiger partial charge in [-0.05, 0) is 42.5 Å². The fourth-order valence-corrected chi connectivity index (χ4v) is 4.00. The SMILES string of the molecule is NCCOc1cnc2ccc(-c3[nH]c(CNc4ccc(F)c(C(N)=O)c4)nc3-c3cccc(C(F)F)n3)cc2n1. The van der Waals surface area contributed by atoms with E-state index in [0.29, 0.717) is 51.9 Å². The summed E-state index contributed by atoms with van der Waals surface area (Å²) in [5.41, 5.74) is 13.4. The Hall–Kier alpha value is -5.04. The van der Waals surface area contributed by atoms with Crippen LogP contribution >= 0.6 is 0 Å². The number of primary amides is 1. The summed E-state index contributed by atoms with van der Waals surface area (Å²) in [5, 5.41) is 3.06. The van der Waals surface area contributed by atoms with Gasteiger partial charge in [0.25, 0.3) is 12.3 Å². The molecule has 0 saturated heterocycles. The fraction of sp³-hybridized carbons (Fsp3) is 0.148. The predicted octanol–water partition coefficient (Wildman–Crippen LogP) is 4.21. The number of halogens is 3. The maximum absolute atomic E-state index is 13.9. The number of alkyl halides is 2. The molecule has 13 heteroatoms. The number of anilines is 1. The number of hydrogen-bond acceptors (Lipinski definition) is 8. The van der Waals surface area contributed by atoms with E-state index in [1.807, 2.05) is 0 Å². The maximum atomic E-state index is 13.9. The number of nitrogens with one attached hydrogen (secondary N) is 2. The van der Waals surface area contributed by atoms with E-state index in [4.69, 9.17) is 16.2 Å². The van der Waals surface area contributed by atoms with Crippen LogP contribution in [0.1, 0.15) is 28.3 Å². The minimum atomic E-state index is -2.76. The van der Waals surface area contributed by atoms with Gasteiger partial charge in [-0.2, -0.15) is 0 Å². The van der Waals surface area contributed by atoms with E-state index in [2.05, 4.69) is 30.2 Å². The van der Waals surface area contributed by atoms with Gasteiger partial charge >= 0.3 is 0 Å². The van der Waals surface area contributed by atoms with Crippen molar-refractivity contribution in [2.75, 3.05) is 18.5 Å². The number of carbonyl (C=O) groups excluding carboxylic acids is 1. The van der Waals surface area contributed by atoms with Gasteiger partial charge in [-0.1, -0.05) is 12.1 Å². The second-order valence-electron chi connectivity index (χ2n) is 8.62. The van der Waals surface area contributed by atoms with Crippen LogP contribution in [-0.4, -0.2) is 44.0 Å². The van der Waals surface area contributed by atoms with Crippen molar-refractivity contribution in [3.05, 3.63) is 83.7 Å². The summed E-state index contributed by atoms with van der Waals surface area (Å²) in [5.74, 6) is -0.901. The summed E-state index contributed by atoms with van der Waals surface area (Å²) in [7, 11) is 0. The summed E-state index contributed by atoms with van der Waals surface area (Å²) in [6.07, 6.45) is -1.26. The second-order valence-corrected chi connectivity index (χ2v) is 8.62. The molecule has 3 heterocycles. The third-order valence-corrected chi connectivity index (χ3v) is 5.86. The number of nitrogens with zero attached hydrogens (tertiary/aromatic N) is 4. The quantitative estimate of drug-likeness (QED) is 0.202. The molecule has 0 bridgehead atoms. The van der Waals surface area contributed by atoms with Crippen molar-refractivity contribution in [1.82, 2.24) is 24.9 Å². The van der Waals surface area contributed by atoms with Crippen LogP contribution in [0.3, 0.4) is 0 Å². The van der Waals surface area contributed by atoms with Crippen LogP contribution in [0.4, 0.5) is 18.9 Å². The molecule has 3 aromatic heterocycles. The number of nitrogens with two attached hydrogens (primary N) is 2. The number of aromatic amines is 1. The molecule has 0 fully saturated rings. The Balaban J connectivity index is 1.54. The number of imidazole rings is 1. The standard InChI is InChI=1S/C27H23F3N8O2/c28-17-6-5-15(11-16(17)27(32)39)33-12-22-37-24(25(38-22)19-2-1-3-20(35-19)26(29)30)14-4-7-18-21(10-14)36-23(13-34-18)40-9-8-31/h1-7,10-11,13,26,33H,8-9,12,31H2,(H2,32,39)(H,37,38). The van der Waals surface area contributed by atoms with Crippen molar-refractivity contribution in [3.8, 4) is 28.5 Å². The molecule has 40 heavy (non-hydrogen) atoms. The number of ether oxygens (including phenoxy) is 1. The minimum Gasteiger partial charge on any atom is -0.475 e. The van der Waals surface area contributed by atoms with Crippen LogP contribution in [-0.2, 0) is 6.54 Å². The smallest absolute Gasteiger partial charge is 0.280 e. The minimum absolute atomic E-state index is 0.121. The molecule has 0 atom stereocenters. The van der Waals surface area contributed by atoms with Crippen LogP contribution in [0.5, 0.6) is 5.88 Å². The lowest BCUT2D eigenvalue weighted by molar-refractivity contribution is 0.0996. The average Bonchev–Trinajstić information content (AvgIpc) is 3.39.